The SMILES string of the molecule is N#Cc1ccc(NCC(=O)NCc2ccccc2CN2CCOCC2)cc1. The van der Waals surface area contributed by atoms with E-state index in [1.165, 1.54) is 5.56 Å². The number of amides is 1. The second-order valence-electron chi connectivity index (χ2n) is 6.48. The van der Waals surface area contributed by atoms with Gasteiger partial charge in [-0.25, -0.2) is 0 Å². The Bertz CT molecular complexity index is 793. The average Bonchev–Trinajstić information content (AvgIpc) is 2.73. The molecule has 27 heavy (non-hydrogen) atoms. The lowest BCUT2D eigenvalue weighted by atomic mass is 10.1. The number of ether oxygens (including phenoxy) is 1. The molecule has 6 nitrogen and oxygen atoms in total. The van der Waals surface area contributed by atoms with Gasteiger partial charge in [0.25, 0.3) is 0 Å². The number of hydrogen-bond acceptors (Lipinski definition) is 5. The van der Waals surface area contributed by atoms with E-state index in [1.54, 1.807) is 24.3 Å². The summed E-state index contributed by atoms with van der Waals surface area (Å²) in [4.78, 5) is 14.5. The van der Waals surface area contributed by atoms with E-state index in [-0.39, 0.29) is 12.5 Å². The number of benzene rings is 2. The maximum absolute atomic E-state index is 12.2. The van der Waals surface area contributed by atoms with Gasteiger partial charge in [0.15, 0.2) is 0 Å². The molecule has 2 N–H and O–H groups in total. The van der Waals surface area contributed by atoms with Gasteiger partial charge in [-0.2, -0.15) is 5.26 Å². The first-order chi connectivity index (χ1) is 13.2. The lowest BCUT2D eigenvalue weighted by molar-refractivity contribution is -0.119. The molecule has 140 valence electrons. The number of hydrogen-bond donors (Lipinski definition) is 2. The van der Waals surface area contributed by atoms with E-state index >= 15 is 0 Å². The van der Waals surface area contributed by atoms with Crippen LogP contribution in [0.1, 0.15) is 16.7 Å². The Kier molecular flexibility index (Phi) is 6.80. The van der Waals surface area contributed by atoms with Crippen LogP contribution in [0.15, 0.2) is 48.5 Å². The van der Waals surface area contributed by atoms with E-state index in [4.69, 9.17) is 10.00 Å². The molecule has 0 radical (unpaired) electrons. The van der Waals surface area contributed by atoms with Crippen molar-refractivity contribution in [1.29, 1.82) is 5.26 Å². The Hall–Kier alpha value is -2.88. The van der Waals surface area contributed by atoms with Gasteiger partial charge in [0.1, 0.15) is 0 Å². The van der Waals surface area contributed by atoms with Crippen LogP contribution in [0.4, 0.5) is 5.69 Å². The smallest absolute Gasteiger partial charge is 0.239 e. The fraction of sp³-hybridized carbons (Fsp3) is 0.333. The number of nitrogens with one attached hydrogen (secondary N) is 2. The van der Waals surface area contributed by atoms with Crippen molar-refractivity contribution in [2.75, 3.05) is 38.2 Å². The van der Waals surface area contributed by atoms with Crippen molar-refractivity contribution in [3.63, 3.8) is 0 Å². The van der Waals surface area contributed by atoms with Crippen molar-refractivity contribution < 1.29 is 9.53 Å². The van der Waals surface area contributed by atoms with Crippen LogP contribution in [0.25, 0.3) is 0 Å². The Balaban J connectivity index is 1.48. The van der Waals surface area contributed by atoms with E-state index in [0.717, 1.165) is 44.1 Å². The van der Waals surface area contributed by atoms with Crippen LogP contribution >= 0.6 is 0 Å². The van der Waals surface area contributed by atoms with Gasteiger partial charge < -0.3 is 15.4 Å². The van der Waals surface area contributed by atoms with Crippen molar-refractivity contribution in [3.8, 4) is 6.07 Å². The van der Waals surface area contributed by atoms with Gasteiger partial charge >= 0.3 is 0 Å². The highest BCUT2D eigenvalue weighted by Gasteiger charge is 2.13. The van der Waals surface area contributed by atoms with Crippen molar-refractivity contribution in [2.24, 2.45) is 0 Å². The lowest BCUT2D eigenvalue weighted by Crippen LogP contribution is -2.36. The van der Waals surface area contributed by atoms with Crippen LogP contribution in [0.5, 0.6) is 0 Å². The number of nitrogens with zero attached hydrogens (tertiary/aromatic N) is 2. The van der Waals surface area contributed by atoms with Crippen LogP contribution in [0, 0.1) is 11.3 Å². The molecule has 1 aliphatic heterocycles. The van der Waals surface area contributed by atoms with Crippen LogP contribution in [0.2, 0.25) is 0 Å². The molecule has 1 heterocycles. The average molecular weight is 364 g/mol. The highest BCUT2D eigenvalue weighted by molar-refractivity contribution is 5.80. The normalized spacial score (nSPS) is 14.3. The summed E-state index contributed by atoms with van der Waals surface area (Å²) < 4.78 is 5.40. The zero-order chi connectivity index (χ0) is 18.9. The van der Waals surface area contributed by atoms with Crippen molar-refractivity contribution in [3.05, 3.63) is 65.2 Å². The number of rotatable bonds is 7. The molecule has 0 bridgehead atoms. The predicted molar refractivity (Wildman–Crippen MR) is 104 cm³/mol. The number of nitriles is 1. The van der Waals surface area contributed by atoms with E-state index in [9.17, 15) is 4.79 Å². The molecule has 1 fully saturated rings. The summed E-state index contributed by atoms with van der Waals surface area (Å²) in [5.74, 6) is -0.0689. The standard InChI is InChI=1S/C21H24N4O2/c22-13-17-5-7-20(8-6-17)23-15-21(26)24-14-18-3-1-2-4-19(18)16-25-9-11-27-12-10-25/h1-8,23H,9-12,14-16H2,(H,24,26). The molecule has 1 aliphatic rings. The number of carbonyl (C=O) groups is 1. The first-order valence-electron chi connectivity index (χ1n) is 9.12. The Morgan fingerprint density at radius 3 is 2.48 bits per heavy atom. The molecule has 1 saturated heterocycles. The van der Waals surface area contributed by atoms with E-state index in [0.29, 0.717) is 12.1 Å². The summed E-state index contributed by atoms with van der Waals surface area (Å²) in [7, 11) is 0. The molecular weight excluding hydrogens is 340 g/mol. The monoisotopic (exact) mass is 364 g/mol. The summed E-state index contributed by atoms with van der Waals surface area (Å²) in [5, 5.41) is 14.8. The molecule has 2 aromatic carbocycles. The van der Waals surface area contributed by atoms with Crippen molar-refractivity contribution in [2.45, 2.75) is 13.1 Å². The Morgan fingerprint density at radius 1 is 1.07 bits per heavy atom. The number of anilines is 1. The third-order valence-corrected chi connectivity index (χ3v) is 4.56. The van der Waals surface area contributed by atoms with Gasteiger partial charge in [0, 0.05) is 31.9 Å². The molecule has 3 rings (SSSR count). The third kappa shape index (κ3) is 5.81. The molecule has 0 aromatic heterocycles. The fourth-order valence-corrected chi connectivity index (χ4v) is 2.99. The van der Waals surface area contributed by atoms with Crippen LogP contribution in [-0.2, 0) is 22.6 Å². The van der Waals surface area contributed by atoms with Gasteiger partial charge in [-0.05, 0) is 35.4 Å². The van der Waals surface area contributed by atoms with Crippen molar-refractivity contribution in [1.82, 2.24) is 10.2 Å². The first-order valence-corrected chi connectivity index (χ1v) is 9.12. The molecule has 0 atom stereocenters. The highest BCUT2D eigenvalue weighted by atomic mass is 16.5. The zero-order valence-corrected chi connectivity index (χ0v) is 15.3. The summed E-state index contributed by atoms with van der Waals surface area (Å²) in [6.45, 7) is 5.01. The quantitative estimate of drug-likeness (QED) is 0.787. The van der Waals surface area contributed by atoms with Gasteiger partial charge in [-0.3, -0.25) is 9.69 Å². The number of carbonyl (C=O) groups excluding carboxylic acids is 1. The Morgan fingerprint density at radius 2 is 1.78 bits per heavy atom. The topological polar surface area (TPSA) is 77.4 Å². The second kappa shape index (κ2) is 9.72. The van der Waals surface area contributed by atoms with Gasteiger partial charge in [0.2, 0.25) is 5.91 Å². The largest absolute Gasteiger partial charge is 0.379 e. The van der Waals surface area contributed by atoms with Crippen LogP contribution in [-0.4, -0.2) is 43.7 Å². The van der Waals surface area contributed by atoms with Crippen LogP contribution in [0.3, 0.4) is 0 Å². The summed E-state index contributed by atoms with van der Waals surface area (Å²) >= 11 is 0. The highest BCUT2D eigenvalue weighted by Crippen LogP contribution is 2.13. The van der Waals surface area contributed by atoms with E-state index < -0.39 is 0 Å². The van der Waals surface area contributed by atoms with E-state index in [2.05, 4.69) is 33.7 Å². The molecular formula is C21H24N4O2. The molecule has 1 amide bonds. The van der Waals surface area contributed by atoms with Gasteiger partial charge in [-0.1, -0.05) is 24.3 Å². The molecule has 2 aromatic rings. The summed E-state index contributed by atoms with van der Waals surface area (Å²) in [6, 6.07) is 17.3. The summed E-state index contributed by atoms with van der Waals surface area (Å²) in [5.41, 5.74) is 3.79. The Labute approximate surface area is 159 Å². The van der Waals surface area contributed by atoms with Crippen molar-refractivity contribution >= 4 is 11.6 Å². The fourth-order valence-electron chi connectivity index (χ4n) is 2.99. The number of morpholine rings is 1. The predicted octanol–water partition coefficient (Wildman–Crippen LogP) is 2.12. The summed E-state index contributed by atoms with van der Waals surface area (Å²) in [6.07, 6.45) is 0. The van der Waals surface area contributed by atoms with E-state index in [1.807, 2.05) is 12.1 Å². The molecule has 0 aliphatic carbocycles. The molecule has 0 saturated carbocycles. The van der Waals surface area contributed by atoms with Crippen LogP contribution < -0.4 is 10.6 Å². The second-order valence-corrected chi connectivity index (χ2v) is 6.48. The minimum absolute atomic E-state index is 0.0689. The molecule has 0 unspecified atom stereocenters. The maximum atomic E-state index is 12.2. The van der Waals surface area contributed by atoms with Gasteiger partial charge in [-0.15, -0.1) is 0 Å². The lowest BCUT2D eigenvalue weighted by Gasteiger charge is -2.27. The third-order valence-electron chi connectivity index (χ3n) is 4.56. The zero-order valence-electron chi connectivity index (χ0n) is 15.3. The minimum Gasteiger partial charge on any atom is -0.379 e. The van der Waals surface area contributed by atoms with Gasteiger partial charge in [0.05, 0.1) is 31.4 Å². The minimum atomic E-state index is -0.0689. The first kappa shape index (κ1) is 18.9. The molecule has 0 spiro atoms. The maximum Gasteiger partial charge on any atom is 0.239 e. The molecule has 6 heteroatoms.